The topological polar surface area (TPSA) is 9.23 Å². The molecule has 1 aromatic carbocycles. The van der Waals surface area contributed by atoms with Gasteiger partial charge in [0.15, 0.2) is 0 Å². The Balaban J connectivity index is 3.13. The van der Waals surface area contributed by atoms with Crippen LogP contribution < -0.4 is 4.74 Å². The first kappa shape index (κ1) is 10.4. The highest BCUT2D eigenvalue weighted by Crippen LogP contribution is 2.25. The van der Waals surface area contributed by atoms with Crippen molar-refractivity contribution in [3.8, 4) is 5.75 Å². The van der Waals surface area contributed by atoms with Gasteiger partial charge in [-0.15, -0.1) is 11.6 Å². The van der Waals surface area contributed by atoms with Gasteiger partial charge in [0.2, 0.25) is 0 Å². The second kappa shape index (κ2) is 4.52. The Labute approximate surface area is 84.7 Å². The summed E-state index contributed by atoms with van der Waals surface area (Å²) in [4.78, 5) is 0. The molecule has 0 fully saturated rings. The minimum Gasteiger partial charge on any atom is -0.496 e. The largest absolute Gasteiger partial charge is 0.496 e. The van der Waals surface area contributed by atoms with Crippen LogP contribution in [-0.4, -0.2) is 13.0 Å². The van der Waals surface area contributed by atoms with E-state index >= 15 is 0 Å². The number of halogens is 1. The van der Waals surface area contributed by atoms with E-state index in [2.05, 4.69) is 26.0 Å². The van der Waals surface area contributed by atoms with E-state index in [0.717, 1.165) is 12.2 Å². The Morgan fingerprint density at radius 3 is 2.54 bits per heavy atom. The van der Waals surface area contributed by atoms with Crippen LogP contribution >= 0.6 is 11.6 Å². The third kappa shape index (κ3) is 2.38. The molecular formula is C11H15ClO. The summed E-state index contributed by atoms with van der Waals surface area (Å²) in [6.45, 7) is 4.15. The molecule has 1 aromatic rings. The molecule has 0 saturated heterocycles. The van der Waals surface area contributed by atoms with Crippen LogP contribution in [0.2, 0.25) is 0 Å². The van der Waals surface area contributed by atoms with Gasteiger partial charge in [-0.25, -0.2) is 0 Å². The van der Waals surface area contributed by atoms with Gasteiger partial charge in [0.25, 0.3) is 0 Å². The molecule has 0 unspecified atom stereocenters. The van der Waals surface area contributed by atoms with Crippen LogP contribution in [0.1, 0.15) is 16.7 Å². The third-order valence-corrected chi connectivity index (χ3v) is 2.25. The highest BCUT2D eigenvalue weighted by atomic mass is 35.5. The summed E-state index contributed by atoms with van der Waals surface area (Å²) in [6, 6.07) is 4.25. The molecule has 0 atom stereocenters. The fourth-order valence-electron chi connectivity index (χ4n) is 1.62. The quantitative estimate of drug-likeness (QED) is 0.679. The van der Waals surface area contributed by atoms with Crippen LogP contribution in [0.25, 0.3) is 0 Å². The first-order chi connectivity index (χ1) is 6.19. The highest BCUT2D eigenvalue weighted by Gasteiger charge is 2.06. The smallest absolute Gasteiger partial charge is 0.125 e. The van der Waals surface area contributed by atoms with Crippen LogP contribution in [0, 0.1) is 13.8 Å². The van der Waals surface area contributed by atoms with Crippen LogP contribution in [0.3, 0.4) is 0 Å². The normalized spacial score (nSPS) is 10.2. The van der Waals surface area contributed by atoms with Crippen molar-refractivity contribution >= 4 is 11.6 Å². The zero-order valence-corrected chi connectivity index (χ0v) is 9.11. The molecule has 0 aliphatic rings. The molecule has 13 heavy (non-hydrogen) atoms. The fraction of sp³-hybridized carbons (Fsp3) is 0.455. The molecule has 0 aliphatic carbocycles. The van der Waals surface area contributed by atoms with Gasteiger partial charge >= 0.3 is 0 Å². The number of methoxy groups -OCH3 is 1. The van der Waals surface area contributed by atoms with Gasteiger partial charge in [-0.2, -0.15) is 0 Å². The van der Waals surface area contributed by atoms with Gasteiger partial charge < -0.3 is 4.74 Å². The lowest BCUT2D eigenvalue weighted by Crippen LogP contribution is -1.96. The summed E-state index contributed by atoms with van der Waals surface area (Å²) in [5, 5.41) is 0. The number of ether oxygens (including phenoxy) is 1. The number of benzene rings is 1. The summed E-state index contributed by atoms with van der Waals surface area (Å²) in [7, 11) is 1.70. The molecule has 0 spiro atoms. The molecule has 72 valence electrons. The molecule has 1 nitrogen and oxygen atoms in total. The van der Waals surface area contributed by atoms with Crippen LogP contribution in [0.5, 0.6) is 5.75 Å². The van der Waals surface area contributed by atoms with Crippen molar-refractivity contribution in [2.75, 3.05) is 13.0 Å². The standard InChI is InChI=1S/C11H15ClO/c1-8-6-9(2)11(13-3)10(7-8)4-5-12/h6-7H,4-5H2,1-3H3. The molecule has 0 saturated carbocycles. The van der Waals surface area contributed by atoms with Crippen molar-refractivity contribution in [2.24, 2.45) is 0 Å². The van der Waals surface area contributed by atoms with Crippen LogP contribution in [0.4, 0.5) is 0 Å². The van der Waals surface area contributed by atoms with Gasteiger partial charge in [-0.1, -0.05) is 17.7 Å². The molecule has 0 aromatic heterocycles. The van der Waals surface area contributed by atoms with E-state index in [1.807, 2.05) is 0 Å². The van der Waals surface area contributed by atoms with E-state index in [1.54, 1.807) is 7.11 Å². The maximum Gasteiger partial charge on any atom is 0.125 e. The first-order valence-corrected chi connectivity index (χ1v) is 4.92. The molecule has 0 amide bonds. The Morgan fingerprint density at radius 1 is 1.31 bits per heavy atom. The SMILES string of the molecule is COc1c(C)cc(C)cc1CCCl. The molecule has 2 heteroatoms. The van der Waals surface area contributed by atoms with E-state index in [1.165, 1.54) is 16.7 Å². The average molecular weight is 199 g/mol. The van der Waals surface area contributed by atoms with E-state index in [0.29, 0.717) is 5.88 Å². The van der Waals surface area contributed by atoms with Gasteiger partial charge in [0.1, 0.15) is 5.75 Å². The van der Waals surface area contributed by atoms with Crippen molar-refractivity contribution in [2.45, 2.75) is 20.3 Å². The Hall–Kier alpha value is -0.690. The lowest BCUT2D eigenvalue weighted by Gasteiger charge is -2.11. The summed E-state index contributed by atoms with van der Waals surface area (Å²) in [5.74, 6) is 1.62. The molecule has 0 aliphatic heterocycles. The van der Waals surface area contributed by atoms with Gasteiger partial charge in [-0.3, -0.25) is 0 Å². The van der Waals surface area contributed by atoms with E-state index < -0.39 is 0 Å². The van der Waals surface area contributed by atoms with E-state index in [-0.39, 0.29) is 0 Å². The minimum atomic E-state index is 0.638. The summed E-state index contributed by atoms with van der Waals surface area (Å²) in [5.41, 5.74) is 3.65. The summed E-state index contributed by atoms with van der Waals surface area (Å²) >= 11 is 5.71. The Kier molecular flexibility index (Phi) is 3.61. The molecule has 0 radical (unpaired) electrons. The molecule has 0 heterocycles. The monoisotopic (exact) mass is 198 g/mol. The third-order valence-electron chi connectivity index (χ3n) is 2.06. The predicted molar refractivity (Wildman–Crippen MR) is 56.9 cm³/mol. The maximum absolute atomic E-state index is 5.71. The second-order valence-electron chi connectivity index (χ2n) is 3.21. The first-order valence-electron chi connectivity index (χ1n) is 4.39. The van der Waals surface area contributed by atoms with E-state index in [4.69, 9.17) is 16.3 Å². The molecule has 0 N–H and O–H groups in total. The van der Waals surface area contributed by atoms with Gasteiger partial charge in [-0.05, 0) is 31.4 Å². The predicted octanol–water partition coefficient (Wildman–Crippen LogP) is 3.09. The fourth-order valence-corrected chi connectivity index (χ4v) is 1.83. The minimum absolute atomic E-state index is 0.638. The highest BCUT2D eigenvalue weighted by molar-refractivity contribution is 6.18. The lowest BCUT2D eigenvalue weighted by molar-refractivity contribution is 0.407. The Bertz CT molecular complexity index is 294. The molecular weight excluding hydrogens is 184 g/mol. The number of alkyl halides is 1. The zero-order chi connectivity index (χ0) is 9.84. The second-order valence-corrected chi connectivity index (χ2v) is 3.59. The number of aryl methyl sites for hydroxylation is 3. The molecule has 1 rings (SSSR count). The van der Waals surface area contributed by atoms with Crippen LogP contribution in [0.15, 0.2) is 12.1 Å². The number of rotatable bonds is 3. The number of hydrogen-bond acceptors (Lipinski definition) is 1. The van der Waals surface area contributed by atoms with Crippen molar-refractivity contribution in [1.82, 2.24) is 0 Å². The van der Waals surface area contributed by atoms with E-state index in [9.17, 15) is 0 Å². The molecule has 0 bridgehead atoms. The average Bonchev–Trinajstić information content (AvgIpc) is 2.04. The van der Waals surface area contributed by atoms with Crippen molar-refractivity contribution in [1.29, 1.82) is 0 Å². The lowest BCUT2D eigenvalue weighted by atomic mass is 10.0. The summed E-state index contributed by atoms with van der Waals surface area (Å²) in [6.07, 6.45) is 0.868. The van der Waals surface area contributed by atoms with Gasteiger partial charge in [0, 0.05) is 5.88 Å². The zero-order valence-electron chi connectivity index (χ0n) is 8.36. The van der Waals surface area contributed by atoms with Crippen molar-refractivity contribution < 1.29 is 4.74 Å². The van der Waals surface area contributed by atoms with Crippen molar-refractivity contribution in [3.05, 3.63) is 28.8 Å². The maximum atomic E-state index is 5.71. The Morgan fingerprint density at radius 2 is 2.00 bits per heavy atom. The summed E-state index contributed by atoms with van der Waals surface area (Å²) < 4.78 is 5.33. The number of hydrogen-bond donors (Lipinski definition) is 0. The van der Waals surface area contributed by atoms with Crippen LogP contribution in [-0.2, 0) is 6.42 Å². The van der Waals surface area contributed by atoms with Crippen molar-refractivity contribution in [3.63, 3.8) is 0 Å². The van der Waals surface area contributed by atoms with Gasteiger partial charge in [0.05, 0.1) is 7.11 Å².